The summed E-state index contributed by atoms with van der Waals surface area (Å²) < 4.78 is 0. The van der Waals surface area contributed by atoms with E-state index in [1.807, 2.05) is 19.1 Å². The van der Waals surface area contributed by atoms with E-state index in [0.717, 1.165) is 5.56 Å². The number of hydrogen-bond acceptors (Lipinski definition) is 2. The van der Waals surface area contributed by atoms with Gasteiger partial charge in [0.2, 0.25) is 0 Å². The van der Waals surface area contributed by atoms with Crippen LogP contribution in [-0.4, -0.2) is 6.21 Å². The summed E-state index contributed by atoms with van der Waals surface area (Å²) in [6, 6.07) is 6.17. The van der Waals surface area contributed by atoms with Crippen molar-refractivity contribution in [1.82, 2.24) is 0 Å². The molecule has 0 spiro atoms. The van der Waals surface area contributed by atoms with Crippen LogP contribution in [0, 0.1) is 13.8 Å². The summed E-state index contributed by atoms with van der Waals surface area (Å²) in [5.41, 5.74) is 3.55. The van der Waals surface area contributed by atoms with E-state index in [-0.39, 0.29) is 0 Å². The van der Waals surface area contributed by atoms with Crippen LogP contribution in [0.4, 0.5) is 0 Å². The van der Waals surface area contributed by atoms with Crippen LogP contribution in [0.5, 0.6) is 0 Å². The third-order valence-corrected chi connectivity index (χ3v) is 1.64. The van der Waals surface area contributed by atoms with Gasteiger partial charge in [-0.05, 0) is 25.0 Å². The summed E-state index contributed by atoms with van der Waals surface area (Å²) in [4.78, 5) is 0. The van der Waals surface area contributed by atoms with Gasteiger partial charge in [-0.15, -0.1) is 0 Å². The first-order valence-corrected chi connectivity index (χ1v) is 3.54. The normalized spacial score (nSPS) is 10.7. The molecular weight excluding hydrogens is 136 g/mol. The quantitative estimate of drug-likeness (QED) is 0.366. The van der Waals surface area contributed by atoms with Gasteiger partial charge >= 0.3 is 0 Å². The average molecular weight is 148 g/mol. The van der Waals surface area contributed by atoms with Gasteiger partial charge in [-0.2, -0.15) is 5.10 Å². The molecule has 0 unspecified atom stereocenters. The number of nitrogens with zero attached hydrogens (tertiary/aromatic N) is 1. The fourth-order valence-corrected chi connectivity index (χ4v) is 1.05. The van der Waals surface area contributed by atoms with Crippen molar-refractivity contribution in [2.75, 3.05) is 0 Å². The third kappa shape index (κ3) is 1.80. The second kappa shape index (κ2) is 3.19. The Labute approximate surface area is 66.7 Å². The Morgan fingerprint density at radius 3 is 2.64 bits per heavy atom. The summed E-state index contributed by atoms with van der Waals surface area (Å²) >= 11 is 0. The molecule has 0 aromatic heterocycles. The smallest absolute Gasteiger partial charge is 0.0540 e. The van der Waals surface area contributed by atoms with Gasteiger partial charge in [0.25, 0.3) is 0 Å². The Kier molecular flexibility index (Phi) is 2.26. The minimum Gasteiger partial charge on any atom is -0.323 e. The zero-order valence-electron chi connectivity index (χ0n) is 6.83. The fraction of sp³-hybridized carbons (Fsp3) is 0.222. The van der Waals surface area contributed by atoms with Crippen molar-refractivity contribution >= 4 is 6.21 Å². The summed E-state index contributed by atoms with van der Waals surface area (Å²) in [6.45, 7) is 4.11. The second-order valence-corrected chi connectivity index (χ2v) is 2.64. The Bertz CT molecular complexity index is 277. The molecule has 0 heterocycles. The molecule has 0 fully saturated rings. The zero-order valence-corrected chi connectivity index (χ0v) is 6.83. The van der Waals surface area contributed by atoms with Gasteiger partial charge in [0.05, 0.1) is 6.21 Å². The van der Waals surface area contributed by atoms with Crippen LogP contribution in [0.2, 0.25) is 0 Å². The second-order valence-electron chi connectivity index (χ2n) is 2.64. The number of rotatable bonds is 1. The van der Waals surface area contributed by atoms with Crippen LogP contribution in [-0.2, 0) is 0 Å². The molecule has 1 rings (SSSR count). The molecule has 0 aliphatic carbocycles. The summed E-state index contributed by atoms with van der Waals surface area (Å²) in [5, 5.41) is 3.47. The van der Waals surface area contributed by atoms with Crippen LogP contribution in [0.15, 0.2) is 23.3 Å². The van der Waals surface area contributed by atoms with E-state index in [0.29, 0.717) is 0 Å². The highest BCUT2D eigenvalue weighted by molar-refractivity contribution is 5.81. The molecule has 2 heteroatoms. The first kappa shape index (κ1) is 7.79. The van der Waals surface area contributed by atoms with E-state index in [1.54, 1.807) is 6.21 Å². The van der Waals surface area contributed by atoms with E-state index in [9.17, 15) is 0 Å². The van der Waals surface area contributed by atoms with Crippen LogP contribution in [0.3, 0.4) is 0 Å². The van der Waals surface area contributed by atoms with Gasteiger partial charge in [-0.1, -0.05) is 23.8 Å². The Morgan fingerprint density at radius 1 is 1.36 bits per heavy atom. The van der Waals surface area contributed by atoms with Crippen molar-refractivity contribution in [3.8, 4) is 0 Å². The molecule has 0 saturated heterocycles. The number of aryl methyl sites for hydroxylation is 2. The minimum atomic E-state index is 1.08. The molecule has 0 bridgehead atoms. The highest BCUT2D eigenvalue weighted by atomic mass is 15.1. The molecule has 1 aromatic carbocycles. The van der Waals surface area contributed by atoms with Crippen LogP contribution >= 0.6 is 0 Å². The van der Waals surface area contributed by atoms with Crippen molar-refractivity contribution in [3.63, 3.8) is 0 Å². The van der Waals surface area contributed by atoms with Gasteiger partial charge in [0, 0.05) is 0 Å². The zero-order chi connectivity index (χ0) is 8.27. The predicted octanol–water partition coefficient (Wildman–Crippen LogP) is 1.60. The Morgan fingerprint density at radius 2 is 2.09 bits per heavy atom. The first-order valence-electron chi connectivity index (χ1n) is 3.54. The molecule has 0 aliphatic heterocycles. The minimum absolute atomic E-state index is 1.08. The van der Waals surface area contributed by atoms with Crippen molar-refractivity contribution in [1.29, 1.82) is 0 Å². The number of benzene rings is 1. The third-order valence-electron chi connectivity index (χ3n) is 1.64. The maximum absolute atomic E-state index is 5.04. The molecule has 2 N–H and O–H groups in total. The molecule has 0 amide bonds. The van der Waals surface area contributed by atoms with Crippen molar-refractivity contribution in [2.24, 2.45) is 10.9 Å². The average Bonchev–Trinajstić information content (AvgIpc) is 1.95. The Balaban J connectivity index is 3.09. The summed E-state index contributed by atoms with van der Waals surface area (Å²) in [5.74, 6) is 5.04. The summed E-state index contributed by atoms with van der Waals surface area (Å²) in [6.07, 6.45) is 1.66. The largest absolute Gasteiger partial charge is 0.323 e. The van der Waals surface area contributed by atoms with Gasteiger partial charge in [-0.3, -0.25) is 0 Å². The lowest BCUT2D eigenvalue weighted by Gasteiger charge is -1.99. The molecule has 0 saturated carbocycles. The van der Waals surface area contributed by atoms with Crippen molar-refractivity contribution < 1.29 is 0 Å². The van der Waals surface area contributed by atoms with E-state index >= 15 is 0 Å². The van der Waals surface area contributed by atoms with Crippen LogP contribution in [0.1, 0.15) is 16.7 Å². The van der Waals surface area contributed by atoms with Crippen molar-refractivity contribution in [3.05, 3.63) is 34.9 Å². The first-order chi connectivity index (χ1) is 5.24. The predicted molar refractivity (Wildman–Crippen MR) is 47.7 cm³/mol. The molecule has 0 atom stereocenters. The summed E-state index contributed by atoms with van der Waals surface area (Å²) in [7, 11) is 0. The van der Waals surface area contributed by atoms with Crippen LogP contribution < -0.4 is 5.84 Å². The molecular formula is C9H12N2. The fourth-order valence-electron chi connectivity index (χ4n) is 1.05. The van der Waals surface area contributed by atoms with Gasteiger partial charge in [0.1, 0.15) is 0 Å². The monoisotopic (exact) mass is 148 g/mol. The lowest BCUT2D eigenvalue weighted by atomic mass is 10.1. The molecule has 58 valence electrons. The maximum Gasteiger partial charge on any atom is 0.0540 e. The molecule has 1 aromatic rings. The lowest BCUT2D eigenvalue weighted by Crippen LogP contribution is -1.90. The van der Waals surface area contributed by atoms with E-state index < -0.39 is 0 Å². The number of hydrogen-bond donors (Lipinski definition) is 1. The lowest BCUT2D eigenvalue weighted by molar-refractivity contribution is 1.26. The van der Waals surface area contributed by atoms with Crippen LogP contribution in [0.25, 0.3) is 0 Å². The number of hydrazone groups is 1. The van der Waals surface area contributed by atoms with Gasteiger partial charge in [-0.25, -0.2) is 0 Å². The molecule has 2 nitrogen and oxygen atoms in total. The molecule has 11 heavy (non-hydrogen) atoms. The van der Waals surface area contributed by atoms with Gasteiger partial charge in [0.15, 0.2) is 0 Å². The topological polar surface area (TPSA) is 38.4 Å². The molecule has 0 aliphatic rings. The highest BCUT2D eigenvalue weighted by Crippen LogP contribution is 2.07. The SMILES string of the molecule is Cc1ccc(/C=N/N)c(C)c1. The highest BCUT2D eigenvalue weighted by Gasteiger charge is 1.93. The number of nitrogens with two attached hydrogens (primary N) is 1. The van der Waals surface area contributed by atoms with Gasteiger partial charge < -0.3 is 5.84 Å². The van der Waals surface area contributed by atoms with E-state index in [2.05, 4.69) is 18.1 Å². The molecule has 0 radical (unpaired) electrons. The van der Waals surface area contributed by atoms with E-state index in [4.69, 9.17) is 5.84 Å². The van der Waals surface area contributed by atoms with E-state index in [1.165, 1.54) is 11.1 Å². The standard InChI is InChI=1S/C9H12N2/c1-7-3-4-9(6-11-10)8(2)5-7/h3-6H,10H2,1-2H3/b11-6+. The maximum atomic E-state index is 5.04. The Hall–Kier alpha value is -1.31. The van der Waals surface area contributed by atoms with Crippen molar-refractivity contribution in [2.45, 2.75) is 13.8 Å².